The molecule has 0 aliphatic heterocycles. The molecule has 0 saturated heterocycles. The van der Waals surface area contributed by atoms with Crippen LogP contribution < -0.4 is 4.86 Å². The third-order valence-electron chi connectivity index (χ3n) is 0.640. The Kier molecular flexibility index (Phi) is 7.75. The first-order chi connectivity index (χ1) is 4.98. The summed E-state index contributed by atoms with van der Waals surface area (Å²) in [5.41, 5.74) is 0. The minimum atomic E-state index is -2.45. The second kappa shape index (κ2) is 6.52. The van der Waals surface area contributed by atoms with E-state index >= 15 is 0 Å². The maximum atomic E-state index is 5.88. The van der Waals surface area contributed by atoms with Gasteiger partial charge in [0.1, 0.15) is 0 Å². The van der Waals surface area contributed by atoms with Crippen molar-refractivity contribution in [2.75, 3.05) is 13.0 Å². The van der Waals surface area contributed by atoms with Gasteiger partial charge in [-0.25, -0.2) is 0 Å². The van der Waals surface area contributed by atoms with Gasteiger partial charge in [0.05, 0.1) is 0 Å². The van der Waals surface area contributed by atoms with E-state index in [1.165, 1.54) is 0 Å². The van der Waals surface area contributed by atoms with Crippen LogP contribution in [0.2, 0.25) is 0 Å². The Morgan fingerprint density at radius 3 is 2.55 bits per heavy atom. The van der Waals surface area contributed by atoms with E-state index in [9.17, 15) is 0 Å². The summed E-state index contributed by atoms with van der Waals surface area (Å²) in [7, 11) is -0.362. The molecule has 0 bridgehead atoms. The first kappa shape index (κ1) is 13.1. The molecule has 11 heavy (non-hydrogen) atoms. The van der Waals surface area contributed by atoms with E-state index in [1.54, 1.807) is 0 Å². The third-order valence-corrected chi connectivity index (χ3v) is 7.57. The summed E-state index contributed by atoms with van der Waals surface area (Å²) in [6.45, 7) is 1.82. The number of rotatable bonds is 4. The van der Waals surface area contributed by atoms with Crippen LogP contribution in [-0.4, -0.2) is 13.0 Å². The van der Waals surface area contributed by atoms with Crippen molar-refractivity contribution in [3.8, 4) is 0 Å². The molecular weight excluding hydrogens is 287 g/mol. The van der Waals surface area contributed by atoms with Crippen LogP contribution in [0.15, 0.2) is 4.74 Å². The predicted molar refractivity (Wildman–Crippen MR) is 61.9 cm³/mol. The van der Waals surface area contributed by atoms with Gasteiger partial charge in [0.2, 0.25) is 0 Å². The van der Waals surface area contributed by atoms with Crippen molar-refractivity contribution in [3.05, 3.63) is 0 Å². The van der Waals surface area contributed by atoms with Gasteiger partial charge < -0.3 is 0 Å². The fourth-order valence-corrected chi connectivity index (χ4v) is 9.19. The molecule has 0 saturated carbocycles. The van der Waals surface area contributed by atoms with Crippen LogP contribution >= 0.6 is 66.2 Å². The Morgan fingerprint density at radius 2 is 2.18 bits per heavy atom. The molecule has 1 unspecified atom stereocenters. The van der Waals surface area contributed by atoms with Crippen molar-refractivity contribution >= 4 is 66.2 Å². The summed E-state index contributed by atoms with van der Waals surface area (Å²) in [6.07, 6.45) is -2.09. The molecule has 0 amide bonds. The molecule has 9 heteroatoms. The van der Waals surface area contributed by atoms with Crippen LogP contribution in [0.3, 0.4) is 0 Å². The van der Waals surface area contributed by atoms with E-state index in [1.807, 2.05) is 6.66 Å². The molecule has 0 fully saturated rings. The molecule has 0 heterocycles. The fourth-order valence-electron chi connectivity index (χ4n) is 0.376. The molecular formula is C2H7Cl4N2P3. The van der Waals surface area contributed by atoms with Gasteiger partial charge in [-0.3, -0.25) is 0 Å². The summed E-state index contributed by atoms with van der Waals surface area (Å²) < 4.78 is 3.82. The van der Waals surface area contributed by atoms with Crippen molar-refractivity contribution in [3.63, 3.8) is 0 Å². The van der Waals surface area contributed by atoms with Gasteiger partial charge in [-0.2, -0.15) is 0 Å². The van der Waals surface area contributed by atoms with Gasteiger partial charge in [-0.1, -0.05) is 0 Å². The van der Waals surface area contributed by atoms with Crippen molar-refractivity contribution in [2.45, 2.75) is 0 Å². The molecule has 0 aliphatic carbocycles. The first-order valence-corrected chi connectivity index (χ1v) is 11.2. The SMILES string of the molecule is CP(Cl)N[PH](Cl)(Cl)C/N=P/Cl. The zero-order valence-electron chi connectivity index (χ0n) is 5.56. The van der Waals surface area contributed by atoms with Crippen molar-refractivity contribution < 1.29 is 0 Å². The molecule has 0 radical (unpaired) electrons. The molecule has 0 rings (SSSR count). The molecule has 0 spiro atoms. The zero-order valence-corrected chi connectivity index (χ0v) is 11.4. The van der Waals surface area contributed by atoms with Crippen LogP contribution in [0.1, 0.15) is 0 Å². The van der Waals surface area contributed by atoms with Gasteiger partial charge in [0.15, 0.2) is 0 Å². The second-order valence-corrected chi connectivity index (χ2v) is 12.1. The standard InChI is InChI=1S/C2H7Cl4N2P3/c1-10(4)8-11(5,6)2-7-9-3/h8,11H,2H2,1H3. The van der Waals surface area contributed by atoms with Crippen LogP contribution in [0.5, 0.6) is 0 Å². The second-order valence-electron chi connectivity index (χ2n) is 1.67. The van der Waals surface area contributed by atoms with E-state index in [0.29, 0.717) is 14.0 Å². The number of nitrogens with zero attached hydrogens (tertiary/aromatic N) is 1. The molecule has 1 N–H and O–H groups in total. The van der Waals surface area contributed by atoms with Gasteiger partial charge in [-0.05, 0) is 0 Å². The minimum absolute atomic E-state index is 0.362. The van der Waals surface area contributed by atoms with E-state index in [0.717, 1.165) is 0 Å². The normalized spacial score (nSPS) is 17.2. The molecule has 68 valence electrons. The van der Waals surface area contributed by atoms with Crippen LogP contribution in [-0.2, 0) is 0 Å². The topological polar surface area (TPSA) is 24.4 Å². The average Bonchev–Trinajstić information content (AvgIpc) is 1.81. The molecule has 2 nitrogen and oxygen atoms in total. The Balaban J connectivity index is 3.79. The summed E-state index contributed by atoms with van der Waals surface area (Å²) in [4.78, 5) is 2.90. The number of hydrogen-bond acceptors (Lipinski definition) is 2. The Bertz CT molecular complexity index is 139. The molecule has 0 aromatic carbocycles. The van der Waals surface area contributed by atoms with Crippen molar-refractivity contribution in [2.24, 2.45) is 4.74 Å². The van der Waals surface area contributed by atoms with Gasteiger partial charge in [-0.15, -0.1) is 0 Å². The Hall–Kier alpha value is 2.08. The van der Waals surface area contributed by atoms with E-state index in [-0.39, 0.29) is 0 Å². The first-order valence-electron chi connectivity index (χ1n) is 2.51. The van der Waals surface area contributed by atoms with E-state index in [2.05, 4.69) is 9.60 Å². The summed E-state index contributed by atoms with van der Waals surface area (Å²) >= 11 is 22.7. The predicted octanol–water partition coefficient (Wildman–Crippen LogP) is 4.97. The van der Waals surface area contributed by atoms with Crippen LogP contribution in [0.25, 0.3) is 0 Å². The van der Waals surface area contributed by atoms with Gasteiger partial charge in [0.25, 0.3) is 0 Å². The third kappa shape index (κ3) is 8.41. The fraction of sp³-hybridized carbons (Fsp3) is 1.00. The summed E-state index contributed by atoms with van der Waals surface area (Å²) in [6, 6.07) is 0. The summed E-state index contributed by atoms with van der Waals surface area (Å²) in [5, 5.41) is 0. The quantitative estimate of drug-likeness (QED) is 0.727. The van der Waals surface area contributed by atoms with Crippen LogP contribution in [0.4, 0.5) is 0 Å². The van der Waals surface area contributed by atoms with Crippen molar-refractivity contribution in [1.29, 1.82) is 0 Å². The van der Waals surface area contributed by atoms with E-state index in [4.69, 9.17) is 45.0 Å². The maximum absolute atomic E-state index is 5.88. The number of halogens is 4. The monoisotopic (exact) mass is 292 g/mol. The summed E-state index contributed by atoms with van der Waals surface area (Å²) in [5.74, 6) is 0. The Morgan fingerprint density at radius 1 is 1.64 bits per heavy atom. The number of nitrogens with one attached hydrogen (secondary N) is 1. The van der Waals surface area contributed by atoms with Gasteiger partial charge in [0, 0.05) is 0 Å². The Labute approximate surface area is 88.6 Å². The van der Waals surface area contributed by atoms with E-state index < -0.39 is 13.5 Å². The molecule has 0 aromatic rings. The molecule has 0 aliphatic rings. The zero-order chi connectivity index (χ0) is 8.91. The molecule has 0 aromatic heterocycles. The van der Waals surface area contributed by atoms with Gasteiger partial charge >= 0.3 is 88.8 Å². The molecule has 1 atom stereocenters. The van der Waals surface area contributed by atoms with Crippen molar-refractivity contribution in [1.82, 2.24) is 4.86 Å². The van der Waals surface area contributed by atoms with Crippen LogP contribution in [0, 0.1) is 0 Å². The number of hydrogen-bond donors (Lipinski definition) is 1. The average molecular weight is 294 g/mol.